The van der Waals surface area contributed by atoms with Gasteiger partial charge in [0.2, 0.25) is 5.91 Å². The highest BCUT2D eigenvalue weighted by Crippen LogP contribution is 2.19. The van der Waals surface area contributed by atoms with Gasteiger partial charge in [0, 0.05) is 18.7 Å². The van der Waals surface area contributed by atoms with Gasteiger partial charge in [0.05, 0.1) is 17.8 Å². The number of amides is 1. The van der Waals surface area contributed by atoms with Crippen LogP contribution < -0.4 is 10.5 Å². The van der Waals surface area contributed by atoms with Crippen LogP contribution in [0.2, 0.25) is 0 Å². The molecule has 0 bridgehead atoms. The lowest BCUT2D eigenvalue weighted by molar-refractivity contribution is -0.141. The van der Waals surface area contributed by atoms with Crippen LogP contribution in [-0.4, -0.2) is 58.0 Å². The van der Waals surface area contributed by atoms with E-state index < -0.39 is 15.7 Å². The number of morpholine rings is 1. The van der Waals surface area contributed by atoms with Gasteiger partial charge in [-0.1, -0.05) is 0 Å². The summed E-state index contributed by atoms with van der Waals surface area (Å²) in [6, 6.07) is 5.72. The van der Waals surface area contributed by atoms with E-state index >= 15 is 0 Å². The summed E-state index contributed by atoms with van der Waals surface area (Å²) in [4.78, 5) is 13.0. The maximum atomic E-state index is 12.4. The van der Waals surface area contributed by atoms with Gasteiger partial charge < -0.3 is 20.1 Å². The van der Waals surface area contributed by atoms with Crippen LogP contribution in [0.3, 0.4) is 0 Å². The highest BCUT2D eigenvalue weighted by Gasteiger charge is 2.25. The molecule has 0 spiro atoms. The number of hydrogen-bond acceptors (Lipinski definition) is 6. The molecular weight excluding hydrogens is 339 g/mol. The molecule has 0 radical (unpaired) electrons. The molecule has 7 nitrogen and oxygen atoms in total. The van der Waals surface area contributed by atoms with E-state index in [2.05, 4.69) is 0 Å². The molecule has 0 aliphatic carbocycles. The molecular formula is C15H19FN2O5S. The molecule has 2 rings (SSSR count). The number of benzene rings is 1. The number of nitrogens with zero attached hydrogens (tertiary/aromatic N) is 1. The van der Waals surface area contributed by atoms with E-state index in [9.17, 15) is 17.6 Å². The van der Waals surface area contributed by atoms with E-state index in [0.717, 1.165) is 0 Å². The van der Waals surface area contributed by atoms with Crippen molar-refractivity contribution in [1.29, 1.82) is 0 Å². The zero-order valence-corrected chi connectivity index (χ0v) is 13.8. The number of sulfone groups is 1. The molecule has 1 heterocycles. The Morgan fingerprint density at radius 2 is 2.08 bits per heavy atom. The summed E-state index contributed by atoms with van der Waals surface area (Å²) in [5.74, 6) is -0.349. The van der Waals surface area contributed by atoms with Crippen LogP contribution >= 0.6 is 0 Å². The lowest BCUT2D eigenvalue weighted by Gasteiger charge is -2.26. The Kier molecular flexibility index (Phi) is 6.29. The number of hydrogen-bond donors (Lipinski definition) is 1. The summed E-state index contributed by atoms with van der Waals surface area (Å²) in [6.45, 7) is 0.488. The second-order valence-corrected chi connectivity index (χ2v) is 7.14. The zero-order chi connectivity index (χ0) is 17.6. The van der Waals surface area contributed by atoms with Gasteiger partial charge in [-0.25, -0.2) is 12.8 Å². The van der Waals surface area contributed by atoms with Crippen LogP contribution in [0, 0.1) is 0 Å². The summed E-state index contributed by atoms with van der Waals surface area (Å²) in [6.07, 6.45) is 0.387. The maximum Gasteiger partial charge on any atom is 0.249 e. The van der Waals surface area contributed by atoms with Crippen LogP contribution in [0.4, 0.5) is 4.39 Å². The summed E-state index contributed by atoms with van der Waals surface area (Å²) < 4.78 is 47.4. The van der Waals surface area contributed by atoms with Gasteiger partial charge in [-0.05, 0) is 24.3 Å². The first-order chi connectivity index (χ1) is 11.5. The highest BCUT2D eigenvalue weighted by molar-refractivity contribution is 7.91. The molecule has 0 unspecified atom stereocenters. The third kappa shape index (κ3) is 4.76. The molecule has 24 heavy (non-hydrogen) atoms. The van der Waals surface area contributed by atoms with Gasteiger partial charge in [0.1, 0.15) is 24.8 Å². The van der Waals surface area contributed by atoms with Crippen molar-refractivity contribution in [2.75, 3.05) is 38.8 Å². The van der Waals surface area contributed by atoms with E-state index in [-0.39, 0.29) is 42.7 Å². The van der Waals surface area contributed by atoms with E-state index in [1.165, 1.54) is 29.2 Å². The molecule has 0 atom stereocenters. The fourth-order valence-electron chi connectivity index (χ4n) is 2.02. The monoisotopic (exact) mass is 358 g/mol. The molecule has 1 amide bonds. The Hall–Kier alpha value is -1.97. The highest BCUT2D eigenvalue weighted by atomic mass is 32.2. The minimum absolute atomic E-state index is 0.0125. The Morgan fingerprint density at radius 1 is 1.38 bits per heavy atom. The molecule has 1 aliphatic rings. The molecule has 9 heteroatoms. The summed E-state index contributed by atoms with van der Waals surface area (Å²) in [5, 5.41) is 0. The van der Waals surface area contributed by atoms with Crippen molar-refractivity contribution in [1.82, 2.24) is 4.90 Å². The fraction of sp³-hybridized carbons (Fsp3) is 0.400. The van der Waals surface area contributed by atoms with Crippen molar-refractivity contribution in [3.63, 3.8) is 0 Å². The van der Waals surface area contributed by atoms with Crippen LogP contribution in [0.15, 0.2) is 41.1 Å². The number of carbonyl (C=O) groups excluding carboxylic acids is 1. The minimum Gasteiger partial charge on any atom is -0.489 e. The molecule has 1 aromatic rings. The molecule has 2 N–H and O–H groups in total. The van der Waals surface area contributed by atoms with Crippen molar-refractivity contribution in [2.24, 2.45) is 5.73 Å². The van der Waals surface area contributed by atoms with Gasteiger partial charge in [-0.15, -0.1) is 0 Å². The number of halogens is 1. The minimum atomic E-state index is -3.65. The quantitative estimate of drug-likeness (QED) is 0.761. The Labute approximate surface area is 139 Å². The van der Waals surface area contributed by atoms with E-state index in [0.29, 0.717) is 18.7 Å². The number of nitrogens with two attached hydrogens (primary N) is 1. The number of carbonyl (C=O) groups is 1. The maximum absolute atomic E-state index is 12.4. The molecule has 1 fully saturated rings. The predicted molar refractivity (Wildman–Crippen MR) is 84.8 cm³/mol. The van der Waals surface area contributed by atoms with E-state index in [1.54, 1.807) is 0 Å². The first-order valence-electron chi connectivity index (χ1n) is 7.25. The first-order valence-corrected chi connectivity index (χ1v) is 8.91. The SMILES string of the molecule is NCC(=CF)COc1ccc(S(=O)(=O)CN2CCOCC2=O)cc1. The summed E-state index contributed by atoms with van der Waals surface area (Å²) >= 11 is 0. The fourth-order valence-corrected chi connectivity index (χ4v) is 3.40. The second kappa shape index (κ2) is 8.22. The lowest BCUT2D eigenvalue weighted by Crippen LogP contribution is -2.44. The van der Waals surface area contributed by atoms with Crippen LogP contribution in [0.1, 0.15) is 0 Å². The predicted octanol–water partition coefficient (Wildman–Crippen LogP) is 0.468. The molecule has 0 aromatic heterocycles. The van der Waals surface area contributed by atoms with Crippen LogP contribution in [0.5, 0.6) is 5.75 Å². The van der Waals surface area contributed by atoms with Crippen LogP contribution in [-0.2, 0) is 19.4 Å². The Balaban J connectivity index is 2.02. The topological polar surface area (TPSA) is 98.9 Å². The van der Waals surface area contributed by atoms with Crippen molar-refractivity contribution in [2.45, 2.75) is 4.90 Å². The van der Waals surface area contributed by atoms with Crippen molar-refractivity contribution in [3.8, 4) is 5.75 Å². The normalized spacial score (nSPS) is 16.3. The summed E-state index contributed by atoms with van der Waals surface area (Å²) in [7, 11) is -3.65. The van der Waals surface area contributed by atoms with E-state index in [4.69, 9.17) is 15.2 Å². The first kappa shape index (κ1) is 18.4. The smallest absolute Gasteiger partial charge is 0.249 e. The standard InChI is InChI=1S/C15H19FN2O5S/c16-7-12(8-17)9-23-13-1-3-14(4-2-13)24(20,21)11-18-5-6-22-10-15(18)19/h1-4,7H,5-6,8-11,17H2. The summed E-state index contributed by atoms with van der Waals surface area (Å²) in [5.41, 5.74) is 5.61. The van der Waals surface area contributed by atoms with Gasteiger partial charge in [-0.2, -0.15) is 0 Å². The molecule has 1 aliphatic heterocycles. The van der Waals surface area contributed by atoms with Crippen molar-refractivity contribution in [3.05, 3.63) is 36.2 Å². The second-order valence-electron chi connectivity index (χ2n) is 5.19. The zero-order valence-electron chi connectivity index (χ0n) is 13.0. The van der Waals surface area contributed by atoms with Crippen molar-refractivity contribution < 1.29 is 27.1 Å². The van der Waals surface area contributed by atoms with Gasteiger partial charge in [-0.3, -0.25) is 4.79 Å². The van der Waals surface area contributed by atoms with Crippen LogP contribution in [0.25, 0.3) is 0 Å². The Bertz CT molecular complexity index is 703. The Morgan fingerprint density at radius 3 is 2.67 bits per heavy atom. The van der Waals surface area contributed by atoms with E-state index in [1.807, 2.05) is 0 Å². The van der Waals surface area contributed by atoms with Gasteiger partial charge >= 0.3 is 0 Å². The third-order valence-corrected chi connectivity index (χ3v) is 5.08. The third-order valence-electron chi connectivity index (χ3n) is 3.43. The molecule has 1 aromatic carbocycles. The number of rotatable bonds is 7. The molecule has 0 saturated carbocycles. The molecule has 1 saturated heterocycles. The van der Waals surface area contributed by atoms with Gasteiger partial charge in [0.15, 0.2) is 9.84 Å². The average Bonchev–Trinajstić information content (AvgIpc) is 2.58. The molecule has 132 valence electrons. The lowest BCUT2D eigenvalue weighted by atomic mass is 10.3. The average molecular weight is 358 g/mol. The van der Waals surface area contributed by atoms with Gasteiger partial charge in [0.25, 0.3) is 0 Å². The van der Waals surface area contributed by atoms with Crippen molar-refractivity contribution >= 4 is 15.7 Å². The number of ether oxygens (including phenoxy) is 2. The largest absolute Gasteiger partial charge is 0.489 e.